The quantitative estimate of drug-likeness (QED) is 0.749. The van der Waals surface area contributed by atoms with Gasteiger partial charge >= 0.3 is 0 Å². The predicted molar refractivity (Wildman–Crippen MR) is 52.4 cm³/mol. The molecule has 6 heteroatoms. The molecule has 0 aliphatic heterocycles. The van der Waals surface area contributed by atoms with Crippen molar-refractivity contribution in [3.63, 3.8) is 0 Å². The van der Waals surface area contributed by atoms with Crippen molar-refractivity contribution in [2.45, 2.75) is 20.4 Å². The van der Waals surface area contributed by atoms with Crippen LogP contribution in [0.2, 0.25) is 0 Å². The summed E-state index contributed by atoms with van der Waals surface area (Å²) in [5.41, 5.74) is -0.544. The van der Waals surface area contributed by atoms with Crippen molar-refractivity contribution in [1.29, 1.82) is 5.26 Å². The van der Waals surface area contributed by atoms with Crippen LogP contribution < -0.4 is 5.32 Å². The van der Waals surface area contributed by atoms with Crippen molar-refractivity contribution < 1.29 is 4.79 Å². The number of nitriles is 1. The highest BCUT2D eigenvalue weighted by Gasteiger charge is 2.17. The second-order valence-electron chi connectivity index (χ2n) is 3.87. The topological polar surface area (TPSA) is 83.6 Å². The van der Waals surface area contributed by atoms with Crippen LogP contribution in [0.4, 0.5) is 0 Å². The van der Waals surface area contributed by atoms with Crippen molar-refractivity contribution in [2.75, 3.05) is 6.54 Å². The van der Waals surface area contributed by atoms with Gasteiger partial charge in [-0.3, -0.25) is 4.79 Å². The summed E-state index contributed by atoms with van der Waals surface area (Å²) >= 11 is 0. The van der Waals surface area contributed by atoms with Crippen LogP contribution in [-0.4, -0.2) is 27.2 Å². The van der Waals surface area contributed by atoms with Crippen molar-refractivity contribution in [2.24, 2.45) is 5.41 Å². The molecule has 0 aliphatic rings. The molecule has 1 N–H and O–H groups in total. The SMILES string of the molecule is CC(C)(C#N)CNC(=O)Cn1cncn1. The van der Waals surface area contributed by atoms with E-state index in [2.05, 4.69) is 21.5 Å². The molecular weight excluding hydrogens is 194 g/mol. The lowest BCUT2D eigenvalue weighted by atomic mass is 9.96. The smallest absolute Gasteiger partial charge is 0.241 e. The molecule has 0 radical (unpaired) electrons. The van der Waals surface area contributed by atoms with Crippen LogP contribution >= 0.6 is 0 Å². The maximum atomic E-state index is 11.4. The van der Waals surface area contributed by atoms with E-state index in [1.54, 1.807) is 13.8 Å². The molecule has 0 aromatic carbocycles. The van der Waals surface area contributed by atoms with Crippen molar-refractivity contribution in [3.8, 4) is 6.07 Å². The monoisotopic (exact) mass is 207 g/mol. The largest absolute Gasteiger partial charge is 0.353 e. The van der Waals surface area contributed by atoms with Gasteiger partial charge in [0.15, 0.2) is 0 Å². The van der Waals surface area contributed by atoms with Crippen molar-refractivity contribution in [1.82, 2.24) is 20.1 Å². The fraction of sp³-hybridized carbons (Fsp3) is 0.556. The summed E-state index contributed by atoms with van der Waals surface area (Å²) in [4.78, 5) is 15.1. The maximum absolute atomic E-state index is 11.4. The Bertz CT molecular complexity index is 362. The van der Waals surface area contributed by atoms with Gasteiger partial charge in [0.05, 0.1) is 11.5 Å². The first-order chi connectivity index (χ1) is 7.03. The standard InChI is InChI=1S/C9H13N5O/c1-9(2,4-10)5-12-8(15)3-14-7-11-6-13-14/h6-7H,3,5H2,1-2H3,(H,12,15). The van der Waals surface area contributed by atoms with Crippen LogP contribution in [0.15, 0.2) is 12.7 Å². The van der Waals surface area contributed by atoms with E-state index in [0.29, 0.717) is 6.54 Å². The molecule has 1 aromatic rings. The molecule has 0 unspecified atom stereocenters. The van der Waals surface area contributed by atoms with Gasteiger partial charge in [-0.15, -0.1) is 0 Å². The zero-order chi connectivity index (χ0) is 11.3. The number of hydrogen-bond donors (Lipinski definition) is 1. The molecule has 0 aliphatic carbocycles. The van der Waals surface area contributed by atoms with Gasteiger partial charge < -0.3 is 5.32 Å². The highest BCUT2D eigenvalue weighted by molar-refractivity contribution is 5.75. The summed E-state index contributed by atoms with van der Waals surface area (Å²) in [5, 5.41) is 15.2. The van der Waals surface area contributed by atoms with Crippen LogP contribution in [0.1, 0.15) is 13.8 Å². The van der Waals surface area contributed by atoms with Gasteiger partial charge in [-0.25, -0.2) is 9.67 Å². The fourth-order valence-corrected chi connectivity index (χ4v) is 0.876. The molecule has 0 saturated heterocycles. The third kappa shape index (κ3) is 3.77. The van der Waals surface area contributed by atoms with Crippen LogP contribution in [0, 0.1) is 16.7 Å². The third-order valence-electron chi connectivity index (χ3n) is 1.80. The first-order valence-electron chi connectivity index (χ1n) is 4.54. The molecule has 1 heterocycles. The first kappa shape index (κ1) is 11.2. The predicted octanol–water partition coefficient (Wildman–Crippen LogP) is -0.0559. The number of aromatic nitrogens is 3. The van der Waals surface area contributed by atoms with E-state index in [9.17, 15) is 4.79 Å². The lowest BCUT2D eigenvalue weighted by Crippen LogP contribution is -2.35. The Hall–Kier alpha value is -1.90. The van der Waals surface area contributed by atoms with E-state index in [1.807, 2.05) is 0 Å². The molecule has 80 valence electrons. The van der Waals surface area contributed by atoms with Crippen molar-refractivity contribution >= 4 is 5.91 Å². The Morgan fingerprint density at radius 3 is 2.93 bits per heavy atom. The van der Waals surface area contributed by atoms with E-state index in [4.69, 9.17) is 5.26 Å². The molecule has 0 fully saturated rings. The van der Waals surface area contributed by atoms with E-state index >= 15 is 0 Å². The number of nitrogens with one attached hydrogen (secondary N) is 1. The summed E-state index contributed by atoms with van der Waals surface area (Å²) in [7, 11) is 0. The highest BCUT2D eigenvalue weighted by Crippen LogP contribution is 2.10. The van der Waals surface area contributed by atoms with Crippen molar-refractivity contribution in [3.05, 3.63) is 12.7 Å². The second kappa shape index (κ2) is 4.55. The van der Waals surface area contributed by atoms with Gasteiger partial charge in [0, 0.05) is 6.54 Å². The first-order valence-corrected chi connectivity index (χ1v) is 4.54. The molecule has 0 atom stereocenters. The van der Waals surface area contributed by atoms with Crippen LogP contribution in [0.5, 0.6) is 0 Å². The Kier molecular flexibility index (Phi) is 3.39. The zero-order valence-corrected chi connectivity index (χ0v) is 8.77. The average Bonchev–Trinajstić information content (AvgIpc) is 2.68. The summed E-state index contributed by atoms with van der Waals surface area (Å²) in [6.07, 6.45) is 2.83. The number of amides is 1. The molecule has 1 aromatic heterocycles. The number of carbonyl (C=O) groups excluding carboxylic acids is 1. The van der Waals surface area contributed by atoms with Gasteiger partial charge in [0.1, 0.15) is 19.2 Å². The molecule has 0 spiro atoms. The lowest BCUT2D eigenvalue weighted by Gasteiger charge is -2.15. The van der Waals surface area contributed by atoms with Crippen LogP contribution in [0.25, 0.3) is 0 Å². The van der Waals surface area contributed by atoms with E-state index in [1.165, 1.54) is 17.3 Å². The molecule has 0 saturated carbocycles. The minimum absolute atomic E-state index is 0.126. The Balaban J connectivity index is 2.35. The second-order valence-corrected chi connectivity index (χ2v) is 3.87. The summed E-state index contributed by atoms with van der Waals surface area (Å²) in [6.45, 7) is 3.99. The van der Waals surface area contributed by atoms with Crippen LogP contribution in [-0.2, 0) is 11.3 Å². The van der Waals surface area contributed by atoms with E-state index < -0.39 is 5.41 Å². The van der Waals surface area contributed by atoms with Gasteiger partial charge in [0.25, 0.3) is 0 Å². The van der Waals surface area contributed by atoms with E-state index in [-0.39, 0.29) is 12.5 Å². The fourth-order valence-electron chi connectivity index (χ4n) is 0.876. The summed E-state index contributed by atoms with van der Waals surface area (Å²) < 4.78 is 1.43. The Morgan fingerprint density at radius 1 is 1.67 bits per heavy atom. The minimum atomic E-state index is -0.544. The number of hydrogen-bond acceptors (Lipinski definition) is 4. The minimum Gasteiger partial charge on any atom is -0.353 e. The number of rotatable bonds is 4. The molecule has 0 bridgehead atoms. The van der Waals surface area contributed by atoms with Gasteiger partial charge in [-0.1, -0.05) is 0 Å². The lowest BCUT2D eigenvalue weighted by molar-refractivity contribution is -0.122. The normalized spacial score (nSPS) is 10.7. The van der Waals surface area contributed by atoms with Gasteiger partial charge in [-0.05, 0) is 13.8 Å². The average molecular weight is 207 g/mol. The van der Waals surface area contributed by atoms with E-state index in [0.717, 1.165) is 0 Å². The number of carbonyl (C=O) groups is 1. The molecule has 1 rings (SSSR count). The Labute approximate surface area is 87.9 Å². The summed E-state index contributed by atoms with van der Waals surface area (Å²) in [5.74, 6) is -0.177. The molecule has 15 heavy (non-hydrogen) atoms. The number of nitrogens with zero attached hydrogens (tertiary/aromatic N) is 4. The Morgan fingerprint density at radius 2 is 2.40 bits per heavy atom. The van der Waals surface area contributed by atoms with Gasteiger partial charge in [-0.2, -0.15) is 10.4 Å². The molecule has 1 amide bonds. The maximum Gasteiger partial charge on any atom is 0.241 e. The summed E-state index contributed by atoms with van der Waals surface area (Å²) in [6, 6.07) is 2.11. The van der Waals surface area contributed by atoms with Crippen LogP contribution in [0.3, 0.4) is 0 Å². The highest BCUT2D eigenvalue weighted by atomic mass is 16.2. The zero-order valence-electron chi connectivity index (χ0n) is 8.77. The third-order valence-corrected chi connectivity index (χ3v) is 1.80. The van der Waals surface area contributed by atoms with Gasteiger partial charge in [0.2, 0.25) is 5.91 Å². The molecule has 6 nitrogen and oxygen atoms in total. The molecular formula is C9H13N5O.